The van der Waals surface area contributed by atoms with E-state index in [0.717, 1.165) is 5.56 Å². The van der Waals surface area contributed by atoms with Gasteiger partial charge in [0.1, 0.15) is 0 Å². The first-order valence-corrected chi connectivity index (χ1v) is 4.82. The van der Waals surface area contributed by atoms with Crippen LogP contribution in [0.3, 0.4) is 0 Å². The van der Waals surface area contributed by atoms with Crippen molar-refractivity contribution in [2.24, 2.45) is 0 Å². The minimum absolute atomic E-state index is 0.0203. The molecule has 1 N–H and O–H groups in total. The standard InChI is InChI=1S/C13H12NO2/c1-2-8-14-13(16)12(10-15)9-11-6-4-3-5-7-11/h2-7,9H,1,8H2,(H,14,16). The van der Waals surface area contributed by atoms with E-state index in [4.69, 9.17) is 0 Å². The molecule has 1 amide bonds. The van der Waals surface area contributed by atoms with Gasteiger partial charge in [-0.05, 0) is 11.6 Å². The number of hydrogen-bond acceptors (Lipinski definition) is 2. The molecule has 0 fully saturated rings. The summed E-state index contributed by atoms with van der Waals surface area (Å²) in [5, 5.41) is 2.52. The molecule has 0 heterocycles. The summed E-state index contributed by atoms with van der Waals surface area (Å²) in [6, 6.07) is 9.13. The predicted molar refractivity (Wildman–Crippen MR) is 63.3 cm³/mol. The molecule has 1 aromatic rings. The summed E-state index contributed by atoms with van der Waals surface area (Å²) in [5.41, 5.74) is 0.766. The number of benzene rings is 1. The topological polar surface area (TPSA) is 46.2 Å². The Labute approximate surface area is 94.5 Å². The molecule has 3 heteroatoms. The lowest BCUT2D eigenvalue weighted by molar-refractivity contribution is -0.116. The Morgan fingerprint density at radius 3 is 2.62 bits per heavy atom. The van der Waals surface area contributed by atoms with E-state index in [9.17, 15) is 9.59 Å². The Morgan fingerprint density at radius 1 is 1.38 bits per heavy atom. The Bertz CT molecular complexity index is 407. The number of carbonyl (C=O) groups excluding carboxylic acids is 2. The van der Waals surface area contributed by atoms with E-state index in [2.05, 4.69) is 11.9 Å². The van der Waals surface area contributed by atoms with Crippen LogP contribution in [0, 0.1) is 0 Å². The summed E-state index contributed by atoms with van der Waals surface area (Å²) in [6.45, 7) is 3.80. The van der Waals surface area contributed by atoms with Crippen LogP contribution in [0.4, 0.5) is 0 Å². The zero-order valence-corrected chi connectivity index (χ0v) is 8.77. The fourth-order valence-corrected chi connectivity index (χ4v) is 1.12. The molecule has 1 rings (SSSR count). The van der Waals surface area contributed by atoms with Crippen molar-refractivity contribution in [3.8, 4) is 0 Å². The zero-order chi connectivity index (χ0) is 11.8. The van der Waals surface area contributed by atoms with E-state index >= 15 is 0 Å². The maximum absolute atomic E-state index is 11.4. The Kier molecular flexibility index (Phi) is 4.73. The molecular weight excluding hydrogens is 202 g/mol. The molecule has 16 heavy (non-hydrogen) atoms. The van der Waals surface area contributed by atoms with Crippen LogP contribution in [0.5, 0.6) is 0 Å². The molecule has 0 bridgehead atoms. The Hall–Kier alpha value is -2.16. The van der Waals surface area contributed by atoms with E-state index < -0.39 is 5.91 Å². The third-order valence-corrected chi connectivity index (χ3v) is 1.87. The Balaban J connectivity index is 2.81. The molecular formula is C13H12NO2. The lowest BCUT2D eigenvalue weighted by Crippen LogP contribution is -2.25. The molecule has 3 nitrogen and oxygen atoms in total. The summed E-state index contributed by atoms with van der Waals surface area (Å²) >= 11 is 0. The van der Waals surface area contributed by atoms with Crippen molar-refractivity contribution in [3.05, 3.63) is 54.1 Å². The molecule has 0 aliphatic rings. The van der Waals surface area contributed by atoms with Gasteiger partial charge in [-0.3, -0.25) is 9.59 Å². The number of rotatable bonds is 5. The molecule has 0 atom stereocenters. The highest BCUT2D eigenvalue weighted by Gasteiger charge is 2.07. The van der Waals surface area contributed by atoms with Gasteiger partial charge in [-0.2, -0.15) is 0 Å². The van der Waals surface area contributed by atoms with Gasteiger partial charge in [-0.25, -0.2) is 0 Å². The van der Waals surface area contributed by atoms with Crippen molar-refractivity contribution in [3.63, 3.8) is 0 Å². The van der Waals surface area contributed by atoms with Crippen molar-refractivity contribution >= 4 is 18.3 Å². The van der Waals surface area contributed by atoms with Crippen LogP contribution < -0.4 is 5.32 Å². The highest BCUT2D eigenvalue weighted by atomic mass is 16.2. The molecule has 0 aromatic heterocycles. The zero-order valence-electron chi connectivity index (χ0n) is 8.77. The quantitative estimate of drug-likeness (QED) is 0.349. The molecule has 1 aromatic carbocycles. The minimum Gasteiger partial charge on any atom is -0.348 e. The maximum atomic E-state index is 11.4. The molecule has 1 radical (unpaired) electrons. The van der Waals surface area contributed by atoms with Gasteiger partial charge in [0.2, 0.25) is 6.29 Å². The fraction of sp³-hybridized carbons (Fsp3) is 0.0769. The van der Waals surface area contributed by atoms with Crippen LogP contribution in [0.1, 0.15) is 5.56 Å². The van der Waals surface area contributed by atoms with Gasteiger partial charge in [-0.15, -0.1) is 6.58 Å². The molecule has 0 spiro atoms. The van der Waals surface area contributed by atoms with Crippen LogP contribution in [0.25, 0.3) is 6.08 Å². The second kappa shape index (κ2) is 6.35. The van der Waals surface area contributed by atoms with Crippen LogP contribution >= 0.6 is 0 Å². The molecule has 0 aliphatic heterocycles. The lowest BCUT2D eigenvalue weighted by atomic mass is 10.1. The first-order valence-electron chi connectivity index (χ1n) is 4.82. The van der Waals surface area contributed by atoms with Crippen molar-refractivity contribution in [2.45, 2.75) is 0 Å². The summed E-state index contributed by atoms with van der Waals surface area (Å²) in [4.78, 5) is 22.1. The molecule has 0 aliphatic carbocycles. The third-order valence-electron chi connectivity index (χ3n) is 1.87. The van der Waals surface area contributed by atoms with Crippen LogP contribution in [0.2, 0.25) is 0 Å². The van der Waals surface area contributed by atoms with Gasteiger partial charge in [0, 0.05) is 6.54 Å². The van der Waals surface area contributed by atoms with E-state index in [1.165, 1.54) is 6.08 Å². The third kappa shape index (κ3) is 3.53. The summed E-state index contributed by atoms with van der Waals surface area (Å²) < 4.78 is 0. The highest BCUT2D eigenvalue weighted by molar-refractivity contribution is 6.14. The lowest BCUT2D eigenvalue weighted by Gasteiger charge is -2.00. The van der Waals surface area contributed by atoms with E-state index in [1.807, 2.05) is 18.2 Å². The van der Waals surface area contributed by atoms with Gasteiger partial charge in [-0.1, -0.05) is 36.4 Å². The highest BCUT2D eigenvalue weighted by Crippen LogP contribution is 2.04. The van der Waals surface area contributed by atoms with Crippen LogP contribution in [0.15, 0.2) is 48.6 Å². The second-order valence-corrected chi connectivity index (χ2v) is 3.07. The van der Waals surface area contributed by atoms with E-state index in [1.54, 1.807) is 24.5 Å². The molecule has 0 saturated carbocycles. The average molecular weight is 214 g/mol. The molecule has 0 unspecified atom stereocenters. The molecule has 0 saturated heterocycles. The number of amides is 1. The SMILES string of the molecule is C=CCNC(=O)C([C]=O)=Cc1ccccc1. The largest absolute Gasteiger partial charge is 0.348 e. The van der Waals surface area contributed by atoms with Gasteiger partial charge >= 0.3 is 0 Å². The first kappa shape index (κ1) is 11.9. The monoisotopic (exact) mass is 214 g/mol. The Morgan fingerprint density at radius 2 is 2.06 bits per heavy atom. The average Bonchev–Trinajstić information content (AvgIpc) is 2.34. The van der Waals surface area contributed by atoms with E-state index in [0.29, 0.717) is 6.54 Å². The second-order valence-electron chi connectivity index (χ2n) is 3.07. The van der Waals surface area contributed by atoms with Gasteiger partial charge in [0.25, 0.3) is 5.91 Å². The number of hydrogen-bond donors (Lipinski definition) is 1. The van der Waals surface area contributed by atoms with Crippen LogP contribution in [-0.4, -0.2) is 18.7 Å². The molecule has 81 valence electrons. The minimum atomic E-state index is -0.446. The summed E-state index contributed by atoms with van der Waals surface area (Å²) in [7, 11) is 0. The van der Waals surface area contributed by atoms with Gasteiger partial charge < -0.3 is 5.32 Å². The first-order chi connectivity index (χ1) is 7.77. The predicted octanol–water partition coefficient (Wildman–Crippen LogP) is 1.48. The van der Waals surface area contributed by atoms with Crippen molar-refractivity contribution in [1.29, 1.82) is 0 Å². The summed E-state index contributed by atoms with van der Waals surface area (Å²) in [5.74, 6) is -0.446. The van der Waals surface area contributed by atoms with Crippen molar-refractivity contribution in [2.75, 3.05) is 6.54 Å². The number of nitrogens with one attached hydrogen (secondary N) is 1. The maximum Gasteiger partial charge on any atom is 0.255 e. The summed E-state index contributed by atoms with van der Waals surface area (Å²) in [6.07, 6.45) is 4.66. The van der Waals surface area contributed by atoms with Crippen LogP contribution in [-0.2, 0) is 9.59 Å². The smallest absolute Gasteiger partial charge is 0.255 e. The van der Waals surface area contributed by atoms with Gasteiger partial charge in [0.15, 0.2) is 0 Å². The van der Waals surface area contributed by atoms with E-state index in [-0.39, 0.29) is 5.57 Å². The normalized spacial score (nSPS) is 10.6. The fourth-order valence-electron chi connectivity index (χ4n) is 1.12. The number of carbonyl (C=O) groups is 1. The van der Waals surface area contributed by atoms with Crippen molar-refractivity contribution in [1.82, 2.24) is 5.32 Å². The van der Waals surface area contributed by atoms with Crippen molar-refractivity contribution < 1.29 is 9.59 Å². The van der Waals surface area contributed by atoms with Gasteiger partial charge in [0.05, 0.1) is 5.57 Å².